The van der Waals surface area contributed by atoms with E-state index in [1.54, 1.807) is 6.08 Å². The van der Waals surface area contributed by atoms with Crippen LogP contribution in [-0.4, -0.2) is 30.3 Å². The van der Waals surface area contributed by atoms with Gasteiger partial charge in [0.2, 0.25) is 0 Å². The molecule has 3 rings (SSSR count). The summed E-state index contributed by atoms with van der Waals surface area (Å²) in [7, 11) is 1.35. The van der Waals surface area contributed by atoms with Crippen molar-refractivity contribution in [1.82, 2.24) is 5.32 Å². The molecule has 0 radical (unpaired) electrons. The Balaban J connectivity index is 1.71. The molecule has 4 nitrogen and oxygen atoms in total. The summed E-state index contributed by atoms with van der Waals surface area (Å²) in [6.07, 6.45) is -0.773. The van der Waals surface area contributed by atoms with Crippen molar-refractivity contribution in [3.05, 3.63) is 40.3 Å². The van der Waals surface area contributed by atoms with Crippen molar-refractivity contribution in [3.63, 3.8) is 0 Å². The van der Waals surface area contributed by atoms with E-state index >= 15 is 0 Å². The second kappa shape index (κ2) is 7.34. The fourth-order valence-electron chi connectivity index (χ4n) is 3.29. The van der Waals surface area contributed by atoms with Crippen molar-refractivity contribution in [1.29, 1.82) is 0 Å². The summed E-state index contributed by atoms with van der Waals surface area (Å²) in [6.45, 7) is 0. The van der Waals surface area contributed by atoms with Gasteiger partial charge in [0, 0.05) is 11.3 Å². The summed E-state index contributed by atoms with van der Waals surface area (Å²) in [5, 5.41) is 3.06. The van der Waals surface area contributed by atoms with Gasteiger partial charge in [-0.25, -0.2) is 0 Å². The lowest BCUT2D eigenvalue weighted by molar-refractivity contribution is -0.147. The van der Waals surface area contributed by atoms with Crippen LogP contribution in [0.4, 0.5) is 13.2 Å². The van der Waals surface area contributed by atoms with Crippen LogP contribution in [0.15, 0.2) is 29.2 Å². The average Bonchev–Trinajstić information content (AvgIpc) is 2.61. The molecule has 8 heteroatoms. The number of ether oxygens (including phenoxy) is 1. The first-order valence-corrected chi connectivity index (χ1v) is 9.10. The summed E-state index contributed by atoms with van der Waals surface area (Å²) in [5.41, 5.74) is -0.182. The number of hydrogen-bond donors (Lipinski definition) is 1. The molecule has 1 aromatic carbocycles. The number of alkyl halides is 3. The monoisotopic (exact) mass is 385 g/mol. The molecule has 1 saturated heterocycles. The Labute approximate surface area is 153 Å². The zero-order chi connectivity index (χ0) is 18.9. The summed E-state index contributed by atoms with van der Waals surface area (Å²) >= 11 is 1.42. The summed E-state index contributed by atoms with van der Waals surface area (Å²) in [6, 6.07) is 4.60. The minimum atomic E-state index is -4.38. The summed E-state index contributed by atoms with van der Waals surface area (Å²) in [5.74, 6) is -0.724. The number of carbonyl (C=O) groups is 2. The number of benzene rings is 1. The fraction of sp³-hybridized carbons (Fsp3) is 0.444. The zero-order valence-electron chi connectivity index (χ0n) is 14.0. The number of thioether (sulfide) groups is 1. The highest BCUT2D eigenvalue weighted by molar-refractivity contribution is 8.04. The Bertz CT molecular complexity index is 730. The number of methoxy groups -OCH3 is 1. The van der Waals surface area contributed by atoms with Crippen LogP contribution in [0, 0.1) is 5.92 Å². The molecule has 1 amide bonds. The molecular formula is C18H18F3NO3S. The molecule has 0 bridgehead atoms. The molecular weight excluding hydrogens is 367 g/mol. The molecule has 0 aromatic heterocycles. The van der Waals surface area contributed by atoms with E-state index in [-0.39, 0.29) is 29.1 Å². The van der Waals surface area contributed by atoms with Gasteiger partial charge in [-0.15, -0.1) is 11.8 Å². The van der Waals surface area contributed by atoms with Gasteiger partial charge in [-0.2, -0.15) is 13.2 Å². The Kier molecular flexibility index (Phi) is 5.32. The van der Waals surface area contributed by atoms with Crippen molar-refractivity contribution in [2.24, 2.45) is 5.92 Å². The zero-order valence-corrected chi connectivity index (χ0v) is 14.8. The molecule has 3 unspecified atom stereocenters. The Morgan fingerprint density at radius 1 is 1.27 bits per heavy atom. The number of hydrogen-bond acceptors (Lipinski definition) is 4. The second-order valence-corrected chi connectivity index (χ2v) is 7.68. The maximum atomic E-state index is 12.6. The van der Waals surface area contributed by atoms with Crippen molar-refractivity contribution in [3.8, 4) is 0 Å². The van der Waals surface area contributed by atoms with Crippen LogP contribution in [0.2, 0.25) is 0 Å². The van der Waals surface area contributed by atoms with Crippen molar-refractivity contribution in [2.45, 2.75) is 36.7 Å². The quantitative estimate of drug-likeness (QED) is 0.624. The van der Waals surface area contributed by atoms with Gasteiger partial charge in [-0.05, 0) is 43.0 Å². The largest absolute Gasteiger partial charge is 0.469 e. The molecule has 1 heterocycles. The Morgan fingerprint density at radius 3 is 2.58 bits per heavy atom. The van der Waals surface area contributed by atoms with E-state index in [9.17, 15) is 22.8 Å². The number of fused-ring (bicyclic) bond motifs is 1. The summed E-state index contributed by atoms with van der Waals surface area (Å²) in [4.78, 5) is 24.5. The SMILES string of the molecule is COC(=O)C1CCC2S/C(=C/c3ccc(C(F)(F)F)cc3)C(=O)NC2C1. The van der Waals surface area contributed by atoms with Gasteiger partial charge >= 0.3 is 12.1 Å². The van der Waals surface area contributed by atoms with Gasteiger partial charge in [0.1, 0.15) is 0 Å². The number of halogens is 3. The van der Waals surface area contributed by atoms with E-state index in [1.165, 1.54) is 31.0 Å². The topological polar surface area (TPSA) is 55.4 Å². The first-order valence-electron chi connectivity index (χ1n) is 8.22. The third-order valence-corrected chi connectivity index (χ3v) is 6.10. The van der Waals surface area contributed by atoms with Crippen molar-refractivity contribution in [2.75, 3.05) is 7.11 Å². The maximum Gasteiger partial charge on any atom is 0.416 e. The van der Waals surface area contributed by atoms with Gasteiger partial charge in [0.05, 0.1) is 23.5 Å². The van der Waals surface area contributed by atoms with Crippen LogP contribution in [0.5, 0.6) is 0 Å². The smallest absolute Gasteiger partial charge is 0.416 e. The predicted octanol–water partition coefficient (Wildman–Crippen LogP) is 3.62. The molecule has 2 aliphatic rings. The summed E-state index contributed by atoms with van der Waals surface area (Å²) < 4.78 is 42.6. The van der Waals surface area contributed by atoms with E-state index < -0.39 is 11.7 Å². The average molecular weight is 385 g/mol. The fourth-order valence-corrected chi connectivity index (χ4v) is 4.59. The number of amides is 1. The lowest BCUT2D eigenvalue weighted by atomic mass is 9.85. The highest BCUT2D eigenvalue weighted by atomic mass is 32.2. The molecule has 1 saturated carbocycles. The number of esters is 1. The van der Waals surface area contributed by atoms with Gasteiger partial charge in [-0.1, -0.05) is 12.1 Å². The van der Waals surface area contributed by atoms with E-state index in [2.05, 4.69) is 5.32 Å². The molecule has 140 valence electrons. The van der Waals surface area contributed by atoms with Crippen LogP contribution in [0.3, 0.4) is 0 Å². The van der Waals surface area contributed by atoms with Crippen LogP contribution in [-0.2, 0) is 20.5 Å². The van der Waals surface area contributed by atoms with Crippen LogP contribution in [0.1, 0.15) is 30.4 Å². The van der Waals surface area contributed by atoms with Crippen LogP contribution >= 0.6 is 11.8 Å². The standard InChI is InChI=1S/C18H18F3NO3S/c1-25-17(24)11-4-7-14-13(9-11)22-16(23)15(26-14)8-10-2-5-12(6-3-10)18(19,20)21/h2-3,5-6,8,11,13-14H,4,7,9H2,1H3,(H,22,23)/b15-8+. The lowest BCUT2D eigenvalue weighted by Crippen LogP contribution is -2.50. The molecule has 3 atom stereocenters. The molecule has 26 heavy (non-hydrogen) atoms. The normalized spacial score (nSPS) is 27.6. The highest BCUT2D eigenvalue weighted by Gasteiger charge is 2.40. The Hall–Kier alpha value is -1.96. The second-order valence-electron chi connectivity index (χ2n) is 6.40. The molecule has 1 aliphatic carbocycles. The van der Waals surface area contributed by atoms with Crippen LogP contribution in [0.25, 0.3) is 6.08 Å². The number of nitrogens with one attached hydrogen (secondary N) is 1. The predicted molar refractivity (Wildman–Crippen MR) is 92.1 cm³/mol. The first kappa shape index (κ1) is 18.8. The van der Waals surface area contributed by atoms with Gasteiger partial charge in [-0.3, -0.25) is 9.59 Å². The molecule has 1 N–H and O–H groups in total. The molecule has 2 fully saturated rings. The lowest BCUT2D eigenvalue weighted by Gasteiger charge is -2.38. The van der Waals surface area contributed by atoms with E-state index in [4.69, 9.17) is 4.74 Å². The van der Waals surface area contributed by atoms with Gasteiger partial charge < -0.3 is 10.1 Å². The minimum Gasteiger partial charge on any atom is -0.469 e. The number of rotatable bonds is 2. The van der Waals surface area contributed by atoms with Gasteiger partial charge in [0.15, 0.2) is 0 Å². The minimum absolute atomic E-state index is 0.102. The molecule has 1 aliphatic heterocycles. The Morgan fingerprint density at radius 2 is 1.96 bits per heavy atom. The third-order valence-electron chi connectivity index (χ3n) is 4.68. The third kappa shape index (κ3) is 4.06. The first-order chi connectivity index (χ1) is 12.3. The van der Waals surface area contributed by atoms with Gasteiger partial charge in [0.25, 0.3) is 5.91 Å². The van der Waals surface area contributed by atoms with Crippen molar-refractivity contribution >= 4 is 29.7 Å². The molecule has 1 aromatic rings. The molecule has 0 spiro atoms. The van der Waals surface area contributed by atoms with E-state index in [1.807, 2.05) is 0 Å². The van der Waals surface area contributed by atoms with Crippen molar-refractivity contribution < 1.29 is 27.5 Å². The number of carbonyl (C=O) groups excluding carboxylic acids is 2. The van der Waals surface area contributed by atoms with E-state index in [0.29, 0.717) is 23.3 Å². The van der Waals surface area contributed by atoms with Crippen LogP contribution < -0.4 is 5.32 Å². The van der Waals surface area contributed by atoms with E-state index in [0.717, 1.165) is 18.6 Å². The highest BCUT2D eigenvalue weighted by Crippen LogP contribution is 2.40. The maximum absolute atomic E-state index is 12.6.